The second-order valence-electron chi connectivity index (χ2n) is 5.89. The van der Waals surface area contributed by atoms with Crippen molar-refractivity contribution in [2.24, 2.45) is 0 Å². The van der Waals surface area contributed by atoms with Crippen LogP contribution in [0.15, 0.2) is 6.07 Å². The van der Waals surface area contributed by atoms with Gasteiger partial charge in [-0.05, 0) is 20.0 Å². The van der Waals surface area contributed by atoms with E-state index in [1.165, 1.54) is 0 Å². The molecule has 0 atom stereocenters. The summed E-state index contributed by atoms with van der Waals surface area (Å²) in [4.78, 5) is 27.9. The largest absolute Gasteiger partial charge is 0.378 e. The number of anilines is 1. The van der Waals surface area contributed by atoms with Crippen LogP contribution in [0.5, 0.6) is 0 Å². The Morgan fingerprint density at radius 1 is 1.09 bits per heavy atom. The smallest absolute Gasteiger partial charge is 0.272 e. The first-order chi connectivity index (χ1) is 10.6. The molecule has 3 rings (SSSR count). The van der Waals surface area contributed by atoms with Crippen molar-refractivity contribution in [1.82, 2.24) is 19.8 Å². The molecular weight excluding hydrogens is 282 g/mol. The van der Waals surface area contributed by atoms with Gasteiger partial charge >= 0.3 is 0 Å². The van der Waals surface area contributed by atoms with Crippen LogP contribution in [0.3, 0.4) is 0 Å². The van der Waals surface area contributed by atoms with Gasteiger partial charge in [-0.15, -0.1) is 0 Å². The van der Waals surface area contributed by atoms with E-state index < -0.39 is 0 Å². The molecule has 0 spiro atoms. The van der Waals surface area contributed by atoms with E-state index in [1.54, 1.807) is 11.0 Å². The molecule has 0 N–H and O–H groups in total. The fraction of sp³-hybridized carbons (Fsp3) is 0.667. The van der Waals surface area contributed by atoms with Crippen LogP contribution in [0.25, 0.3) is 0 Å². The number of nitrogens with zero attached hydrogens (tertiary/aromatic N) is 5. The van der Waals surface area contributed by atoms with Crippen LogP contribution >= 0.6 is 0 Å². The van der Waals surface area contributed by atoms with E-state index in [-0.39, 0.29) is 5.91 Å². The fourth-order valence-corrected chi connectivity index (χ4v) is 2.74. The summed E-state index contributed by atoms with van der Waals surface area (Å²) in [6, 6.07) is 1.78. The number of amides is 1. The van der Waals surface area contributed by atoms with E-state index in [0.29, 0.717) is 37.9 Å². The van der Waals surface area contributed by atoms with Crippen LogP contribution in [0.4, 0.5) is 5.95 Å². The van der Waals surface area contributed by atoms with E-state index in [4.69, 9.17) is 4.74 Å². The molecule has 2 aliphatic heterocycles. The number of aryl methyl sites for hydroxylation is 1. The third kappa shape index (κ3) is 3.36. The van der Waals surface area contributed by atoms with Crippen LogP contribution in [0, 0.1) is 6.92 Å². The molecule has 2 fully saturated rings. The lowest BCUT2D eigenvalue weighted by Crippen LogP contribution is -2.45. The minimum atomic E-state index is -0.0239. The van der Waals surface area contributed by atoms with Gasteiger partial charge in [-0.25, -0.2) is 9.97 Å². The molecule has 0 bridgehead atoms. The average molecular weight is 305 g/mol. The van der Waals surface area contributed by atoms with Gasteiger partial charge in [0.15, 0.2) is 0 Å². The van der Waals surface area contributed by atoms with Crippen molar-refractivity contribution in [2.75, 3.05) is 64.4 Å². The van der Waals surface area contributed by atoms with Crippen molar-refractivity contribution >= 4 is 11.9 Å². The van der Waals surface area contributed by atoms with Gasteiger partial charge in [-0.2, -0.15) is 0 Å². The summed E-state index contributed by atoms with van der Waals surface area (Å²) in [5, 5.41) is 0. The molecule has 22 heavy (non-hydrogen) atoms. The van der Waals surface area contributed by atoms with Gasteiger partial charge in [0.05, 0.1) is 13.2 Å². The van der Waals surface area contributed by atoms with Crippen LogP contribution in [-0.2, 0) is 4.74 Å². The Labute approximate surface area is 130 Å². The number of hydrogen-bond acceptors (Lipinski definition) is 6. The monoisotopic (exact) mass is 305 g/mol. The number of aromatic nitrogens is 2. The molecule has 1 aromatic heterocycles. The first-order valence-electron chi connectivity index (χ1n) is 7.80. The highest BCUT2D eigenvalue weighted by molar-refractivity contribution is 5.92. The summed E-state index contributed by atoms with van der Waals surface area (Å²) < 4.78 is 5.30. The van der Waals surface area contributed by atoms with Crippen molar-refractivity contribution in [2.45, 2.75) is 6.92 Å². The Morgan fingerprint density at radius 2 is 1.77 bits per heavy atom. The Hall–Kier alpha value is -1.73. The number of piperazine rings is 1. The molecular formula is C15H23N5O2. The molecule has 0 radical (unpaired) electrons. The summed E-state index contributed by atoms with van der Waals surface area (Å²) in [6.07, 6.45) is 0. The molecule has 7 nitrogen and oxygen atoms in total. The van der Waals surface area contributed by atoms with Gasteiger partial charge in [0.2, 0.25) is 5.95 Å². The number of rotatable bonds is 2. The summed E-state index contributed by atoms with van der Waals surface area (Å²) in [6.45, 7) is 8.14. The predicted molar refractivity (Wildman–Crippen MR) is 83.2 cm³/mol. The van der Waals surface area contributed by atoms with E-state index in [2.05, 4.69) is 26.8 Å². The first kappa shape index (κ1) is 15.2. The van der Waals surface area contributed by atoms with E-state index in [0.717, 1.165) is 31.9 Å². The minimum Gasteiger partial charge on any atom is -0.378 e. The average Bonchev–Trinajstić information content (AvgIpc) is 2.55. The van der Waals surface area contributed by atoms with Gasteiger partial charge in [-0.3, -0.25) is 4.79 Å². The lowest BCUT2D eigenvalue weighted by molar-refractivity contribution is 0.0299. The highest BCUT2D eigenvalue weighted by atomic mass is 16.5. The zero-order chi connectivity index (χ0) is 15.5. The zero-order valence-corrected chi connectivity index (χ0v) is 13.3. The summed E-state index contributed by atoms with van der Waals surface area (Å²) in [5.74, 6) is 0.647. The summed E-state index contributed by atoms with van der Waals surface area (Å²) in [5.41, 5.74) is 1.32. The third-order valence-corrected chi connectivity index (χ3v) is 4.15. The molecule has 2 aliphatic rings. The predicted octanol–water partition coefficient (Wildman–Crippen LogP) is 0.00922. The highest BCUT2D eigenvalue weighted by Gasteiger charge is 2.23. The molecule has 0 unspecified atom stereocenters. The molecule has 0 aromatic carbocycles. The highest BCUT2D eigenvalue weighted by Crippen LogP contribution is 2.14. The van der Waals surface area contributed by atoms with Crippen molar-refractivity contribution in [1.29, 1.82) is 0 Å². The lowest BCUT2D eigenvalue weighted by Gasteiger charge is -2.32. The number of hydrogen-bond donors (Lipinski definition) is 0. The Bertz CT molecular complexity index is 537. The minimum absolute atomic E-state index is 0.0239. The second kappa shape index (κ2) is 6.58. The Balaban J connectivity index is 1.78. The summed E-state index contributed by atoms with van der Waals surface area (Å²) >= 11 is 0. The molecule has 2 saturated heterocycles. The van der Waals surface area contributed by atoms with Gasteiger partial charge in [0.25, 0.3) is 5.91 Å². The number of likely N-dealkylation sites (N-methyl/N-ethyl adjacent to an activating group) is 1. The molecule has 0 aliphatic carbocycles. The standard InChI is InChI=1S/C15H23N5O2/c1-12-11-13(14(21)19-7-9-22-10-8-19)17-15(16-12)20-5-3-18(2)4-6-20/h11H,3-10H2,1-2H3. The number of morpholine rings is 1. The van der Waals surface area contributed by atoms with Crippen molar-refractivity contribution in [3.05, 3.63) is 17.5 Å². The topological polar surface area (TPSA) is 61.8 Å². The maximum absolute atomic E-state index is 12.6. The van der Waals surface area contributed by atoms with Gasteiger partial charge in [0.1, 0.15) is 5.69 Å². The fourth-order valence-electron chi connectivity index (χ4n) is 2.74. The Kier molecular flexibility index (Phi) is 4.54. The maximum Gasteiger partial charge on any atom is 0.272 e. The first-order valence-corrected chi connectivity index (χ1v) is 7.80. The maximum atomic E-state index is 12.6. The van der Waals surface area contributed by atoms with Crippen LogP contribution < -0.4 is 4.90 Å². The SMILES string of the molecule is Cc1cc(C(=O)N2CCOCC2)nc(N2CCN(C)CC2)n1. The number of ether oxygens (including phenoxy) is 1. The van der Waals surface area contributed by atoms with E-state index >= 15 is 0 Å². The van der Waals surface area contributed by atoms with Crippen LogP contribution in [-0.4, -0.2) is 85.2 Å². The van der Waals surface area contributed by atoms with E-state index in [1.807, 2.05) is 6.92 Å². The second-order valence-corrected chi connectivity index (χ2v) is 5.89. The van der Waals surface area contributed by atoms with Crippen LogP contribution in [0.1, 0.15) is 16.2 Å². The molecule has 3 heterocycles. The van der Waals surface area contributed by atoms with Gasteiger partial charge in [0, 0.05) is 45.0 Å². The van der Waals surface area contributed by atoms with Gasteiger partial charge in [-0.1, -0.05) is 0 Å². The Morgan fingerprint density at radius 3 is 2.45 bits per heavy atom. The molecule has 0 saturated carbocycles. The lowest BCUT2D eigenvalue weighted by atomic mass is 10.2. The summed E-state index contributed by atoms with van der Waals surface area (Å²) in [7, 11) is 2.11. The van der Waals surface area contributed by atoms with Gasteiger partial charge < -0.3 is 19.4 Å². The van der Waals surface area contributed by atoms with Crippen molar-refractivity contribution in [3.63, 3.8) is 0 Å². The van der Waals surface area contributed by atoms with Crippen molar-refractivity contribution in [3.8, 4) is 0 Å². The third-order valence-electron chi connectivity index (χ3n) is 4.15. The van der Waals surface area contributed by atoms with Crippen molar-refractivity contribution < 1.29 is 9.53 Å². The van der Waals surface area contributed by atoms with Crippen LogP contribution in [0.2, 0.25) is 0 Å². The number of carbonyl (C=O) groups excluding carboxylic acids is 1. The molecule has 120 valence electrons. The normalized spacial score (nSPS) is 20.3. The molecule has 1 amide bonds. The zero-order valence-electron chi connectivity index (χ0n) is 13.3. The molecule has 7 heteroatoms. The number of carbonyl (C=O) groups is 1. The quantitative estimate of drug-likeness (QED) is 0.767. The molecule has 1 aromatic rings. The van der Waals surface area contributed by atoms with E-state index in [9.17, 15) is 4.79 Å².